The van der Waals surface area contributed by atoms with Gasteiger partial charge in [0, 0.05) is 24.1 Å². The average molecular weight is 453 g/mol. The molecule has 0 saturated heterocycles. The zero-order valence-corrected chi connectivity index (χ0v) is 17.9. The minimum Gasteiger partial charge on any atom is -0.487 e. The fourth-order valence-corrected chi connectivity index (χ4v) is 3.45. The van der Waals surface area contributed by atoms with Crippen LogP contribution in [0.15, 0.2) is 85.3 Å². The third-order valence-electron chi connectivity index (χ3n) is 5.14. The molecule has 10 heteroatoms. The van der Waals surface area contributed by atoms with E-state index < -0.39 is 4.92 Å². The lowest BCUT2D eigenvalue weighted by Crippen LogP contribution is -2.03. The van der Waals surface area contributed by atoms with E-state index in [4.69, 9.17) is 4.74 Å². The SMILES string of the molecule is O=[N+]([O-])c1cccc(-n2cc(COc3ccc4ncnc(NCc5ccccc5)c4c3)nn2)c1. The Hall–Kier alpha value is -4.86. The Labute approximate surface area is 194 Å². The maximum absolute atomic E-state index is 11.0. The fraction of sp³-hybridized carbons (Fsp3) is 0.0833. The first-order valence-electron chi connectivity index (χ1n) is 10.5. The Bertz CT molecular complexity index is 1450. The summed E-state index contributed by atoms with van der Waals surface area (Å²) in [6.45, 7) is 0.819. The first-order valence-corrected chi connectivity index (χ1v) is 10.5. The van der Waals surface area contributed by atoms with Crippen LogP contribution >= 0.6 is 0 Å². The third-order valence-corrected chi connectivity index (χ3v) is 5.14. The quantitative estimate of drug-likeness (QED) is 0.273. The summed E-state index contributed by atoms with van der Waals surface area (Å²) in [6, 6.07) is 21.9. The molecular formula is C24H19N7O3. The van der Waals surface area contributed by atoms with Crippen LogP contribution in [0, 0.1) is 10.1 Å². The van der Waals surface area contributed by atoms with Crippen molar-refractivity contribution in [1.82, 2.24) is 25.0 Å². The smallest absolute Gasteiger partial charge is 0.271 e. The van der Waals surface area contributed by atoms with Gasteiger partial charge in [-0.1, -0.05) is 41.6 Å². The molecule has 0 saturated carbocycles. The molecule has 0 spiro atoms. The number of benzene rings is 3. The van der Waals surface area contributed by atoms with Gasteiger partial charge in [0.15, 0.2) is 0 Å². The number of aromatic nitrogens is 5. The van der Waals surface area contributed by atoms with E-state index in [-0.39, 0.29) is 12.3 Å². The topological polar surface area (TPSA) is 121 Å². The second-order valence-corrected chi connectivity index (χ2v) is 7.46. The maximum atomic E-state index is 11.0. The molecule has 0 bridgehead atoms. The number of ether oxygens (including phenoxy) is 1. The summed E-state index contributed by atoms with van der Waals surface area (Å²) in [5.41, 5.74) is 3.06. The lowest BCUT2D eigenvalue weighted by molar-refractivity contribution is -0.384. The molecule has 0 aliphatic heterocycles. The number of hydrogen-bond acceptors (Lipinski definition) is 8. The van der Waals surface area contributed by atoms with Crippen molar-refractivity contribution in [3.63, 3.8) is 0 Å². The van der Waals surface area contributed by atoms with E-state index in [0.717, 1.165) is 22.3 Å². The normalized spacial score (nSPS) is 10.8. The highest BCUT2D eigenvalue weighted by Crippen LogP contribution is 2.25. The lowest BCUT2D eigenvalue weighted by atomic mass is 10.2. The predicted octanol–water partition coefficient (Wildman–Crippen LogP) is 4.31. The molecule has 2 heterocycles. The van der Waals surface area contributed by atoms with Gasteiger partial charge in [0.1, 0.15) is 30.2 Å². The summed E-state index contributed by atoms with van der Waals surface area (Å²) in [6.07, 6.45) is 3.21. The highest BCUT2D eigenvalue weighted by Gasteiger charge is 2.10. The Morgan fingerprint density at radius 1 is 1.00 bits per heavy atom. The van der Waals surface area contributed by atoms with Crippen LogP contribution < -0.4 is 10.1 Å². The maximum Gasteiger partial charge on any atom is 0.271 e. The number of nitrogens with zero attached hydrogens (tertiary/aromatic N) is 6. The molecule has 0 aliphatic rings. The molecule has 0 atom stereocenters. The number of hydrogen-bond donors (Lipinski definition) is 1. The fourth-order valence-electron chi connectivity index (χ4n) is 3.45. The Morgan fingerprint density at radius 3 is 2.74 bits per heavy atom. The van der Waals surface area contributed by atoms with Crippen molar-refractivity contribution < 1.29 is 9.66 Å². The zero-order chi connectivity index (χ0) is 23.3. The van der Waals surface area contributed by atoms with Crippen molar-refractivity contribution in [2.45, 2.75) is 13.2 Å². The summed E-state index contributed by atoms with van der Waals surface area (Å²) in [5, 5.41) is 23.4. The van der Waals surface area contributed by atoms with Gasteiger partial charge in [-0.15, -0.1) is 5.10 Å². The van der Waals surface area contributed by atoms with Crippen molar-refractivity contribution in [2.24, 2.45) is 0 Å². The molecule has 10 nitrogen and oxygen atoms in total. The van der Waals surface area contributed by atoms with Crippen LogP contribution in [-0.4, -0.2) is 29.9 Å². The van der Waals surface area contributed by atoms with Gasteiger partial charge in [0.25, 0.3) is 5.69 Å². The minimum absolute atomic E-state index is 0.0131. The predicted molar refractivity (Wildman–Crippen MR) is 126 cm³/mol. The van der Waals surface area contributed by atoms with Crippen molar-refractivity contribution >= 4 is 22.4 Å². The molecule has 0 unspecified atom stereocenters. The van der Waals surface area contributed by atoms with Crippen LogP contribution in [0.2, 0.25) is 0 Å². The van der Waals surface area contributed by atoms with Crippen molar-refractivity contribution in [2.75, 3.05) is 5.32 Å². The average Bonchev–Trinajstić information content (AvgIpc) is 3.36. The Morgan fingerprint density at radius 2 is 1.88 bits per heavy atom. The van der Waals surface area contributed by atoms with Crippen LogP contribution in [0.5, 0.6) is 5.75 Å². The van der Waals surface area contributed by atoms with Gasteiger partial charge >= 0.3 is 0 Å². The first kappa shape index (κ1) is 21.0. The standard InChI is InChI=1S/C24H19N7O3/c32-31(33)20-8-4-7-19(11-20)30-14-18(28-29-30)15-34-21-9-10-23-22(12-21)24(27-16-26-23)25-13-17-5-2-1-3-6-17/h1-12,14,16H,13,15H2,(H,25,26,27). The summed E-state index contributed by atoms with van der Waals surface area (Å²) in [5.74, 6) is 1.35. The first-order chi connectivity index (χ1) is 16.7. The van der Waals surface area contributed by atoms with Crippen LogP contribution in [0.3, 0.4) is 0 Å². The van der Waals surface area contributed by atoms with E-state index in [9.17, 15) is 10.1 Å². The lowest BCUT2D eigenvalue weighted by Gasteiger charge is -2.10. The molecule has 5 rings (SSSR count). The van der Waals surface area contributed by atoms with E-state index in [1.165, 1.54) is 23.1 Å². The highest BCUT2D eigenvalue weighted by molar-refractivity contribution is 5.89. The number of anilines is 1. The highest BCUT2D eigenvalue weighted by atomic mass is 16.6. The number of nitro benzene ring substituents is 1. The molecule has 3 aromatic carbocycles. The number of non-ortho nitro benzene ring substituents is 1. The van der Waals surface area contributed by atoms with E-state index in [1.54, 1.807) is 18.3 Å². The summed E-state index contributed by atoms with van der Waals surface area (Å²) >= 11 is 0. The number of rotatable bonds is 8. The van der Waals surface area contributed by atoms with E-state index in [0.29, 0.717) is 23.7 Å². The molecule has 5 aromatic rings. The molecule has 168 valence electrons. The number of fused-ring (bicyclic) bond motifs is 1. The zero-order valence-electron chi connectivity index (χ0n) is 17.9. The summed E-state index contributed by atoms with van der Waals surface area (Å²) in [7, 11) is 0. The van der Waals surface area contributed by atoms with Crippen LogP contribution in [-0.2, 0) is 13.2 Å². The van der Waals surface area contributed by atoms with Crippen LogP contribution in [0.1, 0.15) is 11.3 Å². The van der Waals surface area contributed by atoms with Gasteiger partial charge < -0.3 is 10.1 Å². The van der Waals surface area contributed by atoms with Crippen molar-refractivity contribution in [3.05, 3.63) is 107 Å². The Balaban J connectivity index is 1.30. The monoisotopic (exact) mass is 453 g/mol. The number of nitro groups is 1. The van der Waals surface area contributed by atoms with Crippen LogP contribution in [0.25, 0.3) is 16.6 Å². The molecule has 34 heavy (non-hydrogen) atoms. The van der Waals surface area contributed by atoms with Gasteiger partial charge in [-0.05, 0) is 29.8 Å². The van der Waals surface area contributed by atoms with Crippen molar-refractivity contribution in [1.29, 1.82) is 0 Å². The summed E-state index contributed by atoms with van der Waals surface area (Å²) in [4.78, 5) is 19.3. The van der Waals surface area contributed by atoms with E-state index in [1.807, 2.05) is 48.5 Å². The van der Waals surface area contributed by atoms with E-state index in [2.05, 4.69) is 25.6 Å². The molecule has 0 radical (unpaired) electrons. The molecule has 1 N–H and O–H groups in total. The molecule has 0 aliphatic carbocycles. The van der Waals surface area contributed by atoms with E-state index >= 15 is 0 Å². The molecule has 2 aromatic heterocycles. The molecule has 0 amide bonds. The second kappa shape index (κ2) is 9.33. The van der Waals surface area contributed by atoms with Gasteiger partial charge in [-0.25, -0.2) is 14.6 Å². The number of nitrogens with one attached hydrogen (secondary N) is 1. The second-order valence-electron chi connectivity index (χ2n) is 7.46. The third kappa shape index (κ3) is 4.65. The minimum atomic E-state index is -0.448. The van der Waals surface area contributed by atoms with Gasteiger partial charge in [-0.3, -0.25) is 10.1 Å². The van der Waals surface area contributed by atoms with Gasteiger partial charge in [0.05, 0.1) is 22.3 Å². The molecular weight excluding hydrogens is 434 g/mol. The van der Waals surface area contributed by atoms with Gasteiger partial charge in [0.2, 0.25) is 0 Å². The van der Waals surface area contributed by atoms with Crippen LogP contribution in [0.4, 0.5) is 11.5 Å². The Kier molecular flexibility index (Phi) is 5.76. The largest absolute Gasteiger partial charge is 0.487 e. The summed E-state index contributed by atoms with van der Waals surface area (Å²) < 4.78 is 7.40. The van der Waals surface area contributed by atoms with Gasteiger partial charge in [-0.2, -0.15) is 0 Å². The molecule has 0 fully saturated rings. The van der Waals surface area contributed by atoms with Crippen molar-refractivity contribution in [3.8, 4) is 11.4 Å².